The van der Waals surface area contributed by atoms with E-state index >= 15 is 0 Å². The Morgan fingerprint density at radius 3 is 3.11 bits per heavy atom. The van der Waals surface area contributed by atoms with Gasteiger partial charge in [0.2, 0.25) is 0 Å². The molecule has 0 radical (unpaired) electrons. The van der Waals surface area contributed by atoms with E-state index in [2.05, 4.69) is 20.8 Å². The van der Waals surface area contributed by atoms with Crippen molar-refractivity contribution < 1.29 is 4.79 Å². The van der Waals surface area contributed by atoms with Crippen molar-refractivity contribution in [3.8, 4) is 0 Å². The standard InChI is InChI=1S/C12H17N5OS/c1-3-17-8-14-16-11(17)7-13-12(18)15-9(2)10-5-4-6-19-10/h4-6,8-9H,3,7H2,1-2H3,(H2,13,15,18)/t9-/m0/s1. The molecule has 2 aromatic rings. The van der Waals surface area contributed by atoms with Gasteiger partial charge in [0.1, 0.15) is 6.33 Å². The Hall–Kier alpha value is -1.89. The molecule has 102 valence electrons. The van der Waals surface area contributed by atoms with Gasteiger partial charge in [0, 0.05) is 11.4 Å². The second kappa shape index (κ2) is 6.33. The van der Waals surface area contributed by atoms with Crippen LogP contribution < -0.4 is 10.6 Å². The Bertz CT molecular complexity index is 522. The number of thiophene rings is 1. The largest absolute Gasteiger partial charge is 0.331 e. The molecule has 2 aromatic heterocycles. The van der Waals surface area contributed by atoms with E-state index in [-0.39, 0.29) is 12.1 Å². The maximum Gasteiger partial charge on any atom is 0.315 e. The summed E-state index contributed by atoms with van der Waals surface area (Å²) in [5.74, 6) is 0.751. The number of carbonyl (C=O) groups excluding carboxylic acids is 1. The Balaban J connectivity index is 1.82. The van der Waals surface area contributed by atoms with Gasteiger partial charge in [0.15, 0.2) is 5.82 Å². The van der Waals surface area contributed by atoms with Crippen LogP contribution in [0.15, 0.2) is 23.8 Å². The van der Waals surface area contributed by atoms with Gasteiger partial charge in [-0.25, -0.2) is 4.79 Å². The van der Waals surface area contributed by atoms with Crippen molar-refractivity contribution in [1.29, 1.82) is 0 Å². The molecule has 19 heavy (non-hydrogen) atoms. The predicted octanol–water partition coefficient (Wildman–Crippen LogP) is 1.92. The van der Waals surface area contributed by atoms with Crippen molar-refractivity contribution in [2.45, 2.75) is 33.0 Å². The second-order valence-corrected chi connectivity index (χ2v) is 5.08. The average Bonchev–Trinajstić information content (AvgIpc) is 3.07. The van der Waals surface area contributed by atoms with Crippen LogP contribution in [0.2, 0.25) is 0 Å². The van der Waals surface area contributed by atoms with E-state index in [9.17, 15) is 4.79 Å². The molecular formula is C12H17N5OS. The van der Waals surface area contributed by atoms with Crippen LogP contribution in [-0.2, 0) is 13.1 Å². The van der Waals surface area contributed by atoms with Crippen LogP contribution in [0, 0.1) is 0 Å². The summed E-state index contributed by atoms with van der Waals surface area (Å²) in [6.45, 7) is 5.12. The van der Waals surface area contributed by atoms with Crippen LogP contribution in [0.1, 0.15) is 30.6 Å². The predicted molar refractivity (Wildman–Crippen MR) is 73.8 cm³/mol. The van der Waals surface area contributed by atoms with E-state index < -0.39 is 0 Å². The Morgan fingerprint density at radius 2 is 2.42 bits per heavy atom. The number of hydrogen-bond acceptors (Lipinski definition) is 4. The van der Waals surface area contributed by atoms with Crippen molar-refractivity contribution >= 4 is 17.4 Å². The number of rotatable bonds is 5. The Labute approximate surface area is 115 Å². The normalized spacial score (nSPS) is 12.1. The zero-order valence-electron chi connectivity index (χ0n) is 11.0. The number of amides is 2. The van der Waals surface area contributed by atoms with Gasteiger partial charge in [0.25, 0.3) is 0 Å². The van der Waals surface area contributed by atoms with Gasteiger partial charge >= 0.3 is 6.03 Å². The fourth-order valence-corrected chi connectivity index (χ4v) is 2.43. The molecule has 2 amide bonds. The van der Waals surface area contributed by atoms with Gasteiger partial charge in [-0.2, -0.15) is 0 Å². The van der Waals surface area contributed by atoms with Gasteiger partial charge in [-0.05, 0) is 25.3 Å². The Kier molecular flexibility index (Phi) is 4.51. The maximum absolute atomic E-state index is 11.8. The SMILES string of the molecule is CCn1cnnc1CNC(=O)N[C@@H](C)c1cccs1. The quantitative estimate of drug-likeness (QED) is 0.878. The van der Waals surface area contributed by atoms with Gasteiger partial charge < -0.3 is 15.2 Å². The molecule has 2 rings (SSSR count). The number of urea groups is 1. The van der Waals surface area contributed by atoms with Crippen LogP contribution >= 0.6 is 11.3 Å². The van der Waals surface area contributed by atoms with Crippen LogP contribution in [0.4, 0.5) is 4.79 Å². The van der Waals surface area contributed by atoms with Gasteiger partial charge in [0.05, 0.1) is 12.6 Å². The fourth-order valence-electron chi connectivity index (χ4n) is 1.70. The summed E-state index contributed by atoms with van der Waals surface area (Å²) in [6.07, 6.45) is 1.66. The second-order valence-electron chi connectivity index (χ2n) is 4.10. The first kappa shape index (κ1) is 13.5. The summed E-state index contributed by atoms with van der Waals surface area (Å²) < 4.78 is 1.89. The van der Waals surface area contributed by atoms with Gasteiger partial charge in [-0.1, -0.05) is 6.07 Å². The molecule has 1 atom stereocenters. The molecule has 0 aliphatic carbocycles. The lowest BCUT2D eigenvalue weighted by Crippen LogP contribution is -2.37. The van der Waals surface area contributed by atoms with Gasteiger partial charge in [-0.3, -0.25) is 0 Å². The van der Waals surface area contributed by atoms with E-state index in [4.69, 9.17) is 0 Å². The summed E-state index contributed by atoms with van der Waals surface area (Å²) in [4.78, 5) is 12.9. The first-order chi connectivity index (χ1) is 9.20. The van der Waals surface area contributed by atoms with Gasteiger partial charge in [-0.15, -0.1) is 21.5 Å². The van der Waals surface area contributed by atoms with E-state index in [0.29, 0.717) is 6.54 Å². The van der Waals surface area contributed by atoms with Crippen LogP contribution in [0.5, 0.6) is 0 Å². The fraction of sp³-hybridized carbons (Fsp3) is 0.417. The highest BCUT2D eigenvalue weighted by atomic mass is 32.1. The third kappa shape index (κ3) is 3.54. The summed E-state index contributed by atoms with van der Waals surface area (Å²) >= 11 is 1.63. The molecule has 0 aliphatic heterocycles. The zero-order valence-corrected chi connectivity index (χ0v) is 11.8. The molecule has 2 N–H and O–H groups in total. The number of aryl methyl sites for hydroxylation is 1. The number of nitrogens with zero attached hydrogens (tertiary/aromatic N) is 3. The van der Waals surface area contributed by atoms with Crippen LogP contribution in [0.3, 0.4) is 0 Å². The molecule has 0 aliphatic rings. The lowest BCUT2D eigenvalue weighted by molar-refractivity contribution is 0.237. The zero-order chi connectivity index (χ0) is 13.7. The molecule has 0 aromatic carbocycles. The van der Waals surface area contributed by atoms with Crippen molar-refractivity contribution in [2.75, 3.05) is 0 Å². The highest BCUT2D eigenvalue weighted by Gasteiger charge is 2.10. The van der Waals surface area contributed by atoms with E-state index in [0.717, 1.165) is 17.2 Å². The molecule has 7 heteroatoms. The molecule has 0 saturated carbocycles. The number of nitrogens with one attached hydrogen (secondary N) is 2. The first-order valence-corrected chi connectivity index (χ1v) is 7.03. The minimum Gasteiger partial charge on any atom is -0.331 e. The monoisotopic (exact) mass is 279 g/mol. The van der Waals surface area contributed by atoms with Crippen molar-refractivity contribution in [3.05, 3.63) is 34.5 Å². The Morgan fingerprint density at radius 1 is 1.58 bits per heavy atom. The minimum absolute atomic E-state index is 0.00375. The average molecular weight is 279 g/mol. The lowest BCUT2D eigenvalue weighted by atomic mass is 10.3. The molecule has 6 nitrogen and oxygen atoms in total. The smallest absolute Gasteiger partial charge is 0.315 e. The third-order valence-electron chi connectivity index (χ3n) is 2.76. The minimum atomic E-state index is -0.202. The molecular weight excluding hydrogens is 262 g/mol. The number of aromatic nitrogens is 3. The van der Waals surface area contributed by atoms with E-state index in [1.54, 1.807) is 17.7 Å². The molecule has 0 spiro atoms. The molecule has 0 saturated heterocycles. The lowest BCUT2D eigenvalue weighted by Gasteiger charge is -2.13. The molecule has 2 heterocycles. The highest BCUT2D eigenvalue weighted by Crippen LogP contribution is 2.17. The first-order valence-electron chi connectivity index (χ1n) is 6.15. The highest BCUT2D eigenvalue weighted by molar-refractivity contribution is 7.10. The van der Waals surface area contributed by atoms with Crippen molar-refractivity contribution in [2.24, 2.45) is 0 Å². The molecule has 0 bridgehead atoms. The summed E-state index contributed by atoms with van der Waals surface area (Å²) in [5, 5.41) is 15.4. The number of carbonyl (C=O) groups is 1. The van der Waals surface area contributed by atoms with Crippen molar-refractivity contribution in [3.63, 3.8) is 0 Å². The summed E-state index contributed by atoms with van der Waals surface area (Å²) in [7, 11) is 0. The van der Waals surface area contributed by atoms with Crippen LogP contribution in [0.25, 0.3) is 0 Å². The van der Waals surface area contributed by atoms with E-state index in [1.165, 1.54) is 0 Å². The summed E-state index contributed by atoms with van der Waals surface area (Å²) in [5.41, 5.74) is 0. The summed E-state index contributed by atoms with van der Waals surface area (Å²) in [6, 6.07) is 3.78. The number of hydrogen-bond donors (Lipinski definition) is 2. The van der Waals surface area contributed by atoms with Crippen molar-refractivity contribution in [1.82, 2.24) is 25.4 Å². The molecule has 0 unspecified atom stereocenters. The third-order valence-corrected chi connectivity index (χ3v) is 3.82. The topological polar surface area (TPSA) is 71.8 Å². The van der Waals surface area contributed by atoms with E-state index in [1.807, 2.05) is 35.9 Å². The van der Waals surface area contributed by atoms with Crippen LogP contribution in [-0.4, -0.2) is 20.8 Å². The maximum atomic E-state index is 11.8. The molecule has 0 fully saturated rings.